The molecule has 0 aromatic carbocycles. The quantitative estimate of drug-likeness (QED) is 0.606. The van der Waals surface area contributed by atoms with Crippen molar-refractivity contribution in [1.82, 2.24) is 0 Å². The van der Waals surface area contributed by atoms with Gasteiger partial charge in [0.1, 0.15) is 0 Å². The summed E-state index contributed by atoms with van der Waals surface area (Å²) in [5.74, 6) is 3.87. The van der Waals surface area contributed by atoms with Gasteiger partial charge in [-0.05, 0) is 67.6 Å². The van der Waals surface area contributed by atoms with Crippen molar-refractivity contribution in [3.63, 3.8) is 0 Å². The van der Waals surface area contributed by atoms with Gasteiger partial charge in [0.15, 0.2) is 0 Å². The Bertz CT molecular complexity index is 190. The first-order valence-electron chi connectivity index (χ1n) is 7.02. The molecule has 0 heteroatoms. The molecule has 2 aliphatic rings. The maximum atomic E-state index is 2.43. The Morgan fingerprint density at radius 2 is 1.20 bits per heavy atom. The largest absolute Gasteiger partial charge is 0.0625 e. The minimum Gasteiger partial charge on any atom is -0.0625 e. The predicted molar refractivity (Wildman–Crippen MR) is 66.8 cm³/mol. The van der Waals surface area contributed by atoms with E-state index in [2.05, 4.69) is 27.7 Å². The Hall–Kier alpha value is 0. The SMILES string of the molecule is CC(C)C1CCC(C(C)C)CC2(CC2)C1. The lowest BCUT2D eigenvalue weighted by molar-refractivity contribution is 0.271. The van der Waals surface area contributed by atoms with Gasteiger partial charge < -0.3 is 0 Å². The average molecular weight is 208 g/mol. The van der Waals surface area contributed by atoms with Crippen LogP contribution in [-0.2, 0) is 0 Å². The van der Waals surface area contributed by atoms with Crippen LogP contribution in [0.1, 0.15) is 66.2 Å². The molecule has 0 aromatic heterocycles. The van der Waals surface area contributed by atoms with Gasteiger partial charge in [-0.2, -0.15) is 0 Å². The van der Waals surface area contributed by atoms with E-state index < -0.39 is 0 Å². The van der Waals surface area contributed by atoms with Crippen LogP contribution in [0.15, 0.2) is 0 Å². The van der Waals surface area contributed by atoms with Gasteiger partial charge in [-0.15, -0.1) is 0 Å². The third kappa shape index (κ3) is 2.57. The second-order valence-electron chi connectivity index (χ2n) is 6.99. The lowest BCUT2D eigenvalue weighted by Gasteiger charge is -2.23. The minimum absolute atomic E-state index is 0.820. The molecule has 0 saturated heterocycles. The molecule has 2 aliphatic carbocycles. The van der Waals surface area contributed by atoms with Crippen molar-refractivity contribution < 1.29 is 0 Å². The Labute approximate surface area is 95.8 Å². The fraction of sp³-hybridized carbons (Fsp3) is 1.00. The van der Waals surface area contributed by atoms with Crippen LogP contribution in [0.2, 0.25) is 0 Å². The Balaban J connectivity index is 2.03. The Kier molecular flexibility index (Phi) is 3.14. The summed E-state index contributed by atoms with van der Waals surface area (Å²) in [7, 11) is 0. The van der Waals surface area contributed by atoms with Gasteiger partial charge in [0, 0.05) is 0 Å². The zero-order valence-electron chi connectivity index (χ0n) is 11.1. The summed E-state index contributed by atoms with van der Waals surface area (Å²) in [4.78, 5) is 0. The first-order chi connectivity index (χ1) is 7.02. The van der Waals surface area contributed by atoms with E-state index in [0.717, 1.165) is 29.1 Å². The van der Waals surface area contributed by atoms with E-state index >= 15 is 0 Å². The summed E-state index contributed by atoms with van der Waals surface area (Å²) in [6.45, 7) is 9.71. The van der Waals surface area contributed by atoms with Crippen molar-refractivity contribution in [2.75, 3.05) is 0 Å². The molecule has 1 spiro atoms. The van der Waals surface area contributed by atoms with E-state index in [4.69, 9.17) is 0 Å². The van der Waals surface area contributed by atoms with Crippen LogP contribution >= 0.6 is 0 Å². The van der Waals surface area contributed by atoms with E-state index in [1.807, 2.05) is 0 Å². The summed E-state index contributed by atoms with van der Waals surface area (Å²) in [5, 5.41) is 0. The van der Waals surface area contributed by atoms with Crippen LogP contribution in [0.4, 0.5) is 0 Å². The van der Waals surface area contributed by atoms with Crippen molar-refractivity contribution in [2.24, 2.45) is 29.1 Å². The maximum Gasteiger partial charge on any atom is -0.0292 e. The second-order valence-corrected chi connectivity index (χ2v) is 6.99. The fourth-order valence-electron chi connectivity index (χ4n) is 3.55. The number of rotatable bonds is 2. The van der Waals surface area contributed by atoms with Crippen molar-refractivity contribution in [3.05, 3.63) is 0 Å². The second kappa shape index (κ2) is 4.11. The van der Waals surface area contributed by atoms with Gasteiger partial charge in [-0.25, -0.2) is 0 Å². The molecule has 0 amide bonds. The molecule has 0 bridgehead atoms. The first-order valence-corrected chi connectivity index (χ1v) is 7.02. The molecule has 2 rings (SSSR count). The zero-order valence-corrected chi connectivity index (χ0v) is 11.1. The molecule has 0 aliphatic heterocycles. The molecule has 0 nitrogen and oxygen atoms in total. The van der Waals surface area contributed by atoms with Crippen LogP contribution in [-0.4, -0.2) is 0 Å². The van der Waals surface area contributed by atoms with E-state index in [1.165, 1.54) is 12.8 Å². The summed E-state index contributed by atoms with van der Waals surface area (Å²) in [6.07, 6.45) is 9.19. The van der Waals surface area contributed by atoms with Crippen molar-refractivity contribution in [2.45, 2.75) is 66.2 Å². The third-order valence-electron chi connectivity index (χ3n) is 5.14. The summed E-state index contributed by atoms with van der Waals surface area (Å²) in [5.41, 5.74) is 0.820. The molecule has 0 aromatic rings. The summed E-state index contributed by atoms with van der Waals surface area (Å²) < 4.78 is 0. The van der Waals surface area contributed by atoms with E-state index in [1.54, 1.807) is 25.7 Å². The third-order valence-corrected chi connectivity index (χ3v) is 5.14. The molecular weight excluding hydrogens is 180 g/mol. The zero-order chi connectivity index (χ0) is 11.1. The molecule has 15 heavy (non-hydrogen) atoms. The lowest BCUT2D eigenvalue weighted by atomic mass is 9.82. The van der Waals surface area contributed by atoms with Crippen LogP contribution in [0, 0.1) is 29.1 Å². The number of hydrogen-bond donors (Lipinski definition) is 0. The molecule has 0 heterocycles. The normalized spacial score (nSPS) is 34.8. The molecule has 2 atom stereocenters. The summed E-state index contributed by atoms with van der Waals surface area (Å²) in [6, 6.07) is 0. The standard InChI is InChI=1S/C15H28/c1-11(2)13-5-6-14(12(3)4)10-15(9-13)7-8-15/h11-14H,5-10H2,1-4H3. The highest BCUT2D eigenvalue weighted by Crippen LogP contribution is 2.59. The first kappa shape index (κ1) is 11.5. The van der Waals surface area contributed by atoms with Gasteiger partial charge in [-0.3, -0.25) is 0 Å². The molecule has 2 saturated carbocycles. The molecule has 2 fully saturated rings. The molecule has 0 radical (unpaired) electrons. The van der Waals surface area contributed by atoms with Gasteiger partial charge in [-0.1, -0.05) is 27.7 Å². The monoisotopic (exact) mass is 208 g/mol. The highest BCUT2D eigenvalue weighted by Gasteiger charge is 2.47. The van der Waals surface area contributed by atoms with Crippen LogP contribution in [0.5, 0.6) is 0 Å². The van der Waals surface area contributed by atoms with Gasteiger partial charge in [0.2, 0.25) is 0 Å². The Morgan fingerprint density at radius 1 is 0.800 bits per heavy atom. The van der Waals surface area contributed by atoms with Gasteiger partial charge in [0.25, 0.3) is 0 Å². The summed E-state index contributed by atoms with van der Waals surface area (Å²) >= 11 is 0. The number of hydrogen-bond acceptors (Lipinski definition) is 0. The fourth-order valence-corrected chi connectivity index (χ4v) is 3.55. The van der Waals surface area contributed by atoms with Crippen LogP contribution in [0.3, 0.4) is 0 Å². The van der Waals surface area contributed by atoms with Crippen molar-refractivity contribution >= 4 is 0 Å². The highest BCUT2D eigenvalue weighted by atomic mass is 14.5. The molecular formula is C15H28. The Morgan fingerprint density at radius 3 is 1.47 bits per heavy atom. The average Bonchev–Trinajstić information content (AvgIpc) is 2.93. The predicted octanol–water partition coefficient (Wildman–Crippen LogP) is 4.89. The van der Waals surface area contributed by atoms with Crippen LogP contribution in [0.25, 0.3) is 0 Å². The molecule has 88 valence electrons. The van der Waals surface area contributed by atoms with Crippen molar-refractivity contribution in [3.8, 4) is 0 Å². The topological polar surface area (TPSA) is 0 Å². The molecule has 2 unspecified atom stereocenters. The van der Waals surface area contributed by atoms with E-state index in [-0.39, 0.29) is 0 Å². The highest BCUT2D eigenvalue weighted by molar-refractivity contribution is 4.98. The maximum absolute atomic E-state index is 2.43. The van der Waals surface area contributed by atoms with Gasteiger partial charge >= 0.3 is 0 Å². The smallest absolute Gasteiger partial charge is 0.0292 e. The van der Waals surface area contributed by atoms with Crippen LogP contribution < -0.4 is 0 Å². The molecule has 0 N–H and O–H groups in total. The lowest BCUT2D eigenvalue weighted by Crippen LogP contribution is -2.13. The van der Waals surface area contributed by atoms with E-state index in [0.29, 0.717) is 0 Å². The van der Waals surface area contributed by atoms with Crippen molar-refractivity contribution in [1.29, 1.82) is 0 Å². The van der Waals surface area contributed by atoms with E-state index in [9.17, 15) is 0 Å². The van der Waals surface area contributed by atoms with Gasteiger partial charge in [0.05, 0.1) is 0 Å². The minimum atomic E-state index is 0.820.